The number of nitrogens with two attached hydrogens (primary N) is 2. The van der Waals surface area contributed by atoms with Crippen LogP contribution in [0.25, 0.3) is 5.57 Å². The molecule has 0 aliphatic rings. The van der Waals surface area contributed by atoms with Crippen LogP contribution in [0.3, 0.4) is 0 Å². The molecule has 0 radical (unpaired) electrons. The highest BCUT2D eigenvalue weighted by molar-refractivity contribution is 5.76. The number of benzene rings is 1. The second kappa shape index (κ2) is 11.3. The number of methoxy groups -OCH3 is 2. The minimum absolute atomic E-state index is 0.614. The molecule has 1 aromatic rings. The third-order valence-corrected chi connectivity index (χ3v) is 2.23. The second-order valence-electron chi connectivity index (χ2n) is 3.14. The quantitative estimate of drug-likeness (QED) is 0.821. The SMILES string of the molecule is CC.CC.COc1cc(N)c(/C(C)=C\N)cc1OC. The second-order valence-corrected chi connectivity index (χ2v) is 3.14. The number of ether oxygens (including phenoxy) is 2. The number of nitrogen functional groups attached to an aromatic ring is 1. The molecule has 19 heavy (non-hydrogen) atoms. The highest BCUT2D eigenvalue weighted by Crippen LogP contribution is 2.34. The number of allylic oxidation sites excluding steroid dienone is 1. The van der Waals surface area contributed by atoms with Crippen molar-refractivity contribution in [2.45, 2.75) is 34.6 Å². The van der Waals surface area contributed by atoms with E-state index in [2.05, 4.69) is 0 Å². The predicted octanol–water partition coefficient (Wildman–Crippen LogP) is 3.66. The molecule has 0 aromatic heterocycles. The number of hydrogen-bond donors (Lipinski definition) is 2. The van der Waals surface area contributed by atoms with Gasteiger partial charge in [0, 0.05) is 17.3 Å². The van der Waals surface area contributed by atoms with E-state index in [4.69, 9.17) is 20.9 Å². The Kier molecular flexibility index (Phi) is 11.6. The van der Waals surface area contributed by atoms with Gasteiger partial charge in [-0.25, -0.2) is 0 Å². The Bertz CT molecular complexity index is 388. The van der Waals surface area contributed by atoms with Gasteiger partial charge in [-0.1, -0.05) is 27.7 Å². The van der Waals surface area contributed by atoms with Gasteiger partial charge in [0.25, 0.3) is 0 Å². The molecule has 0 unspecified atom stereocenters. The molecular formula is C15H28N2O2. The van der Waals surface area contributed by atoms with Crippen LogP contribution in [0.1, 0.15) is 40.2 Å². The molecular weight excluding hydrogens is 240 g/mol. The summed E-state index contributed by atoms with van der Waals surface area (Å²) in [5, 5.41) is 0. The van der Waals surface area contributed by atoms with Crippen molar-refractivity contribution in [2.24, 2.45) is 5.73 Å². The topological polar surface area (TPSA) is 70.5 Å². The van der Waals surface area contributed by atoms with Crippen LogP contribution in [0.15, 0.2) is 18.3 Å². The van der Waals surface area contributed by atoms with Crippen molar-refractivity contribution in [3.8, 4) is 11.5 Å². The molecule has 0 heterocycles. The minimum atomic E-state index is 0.614. The average Bonchev–Trinajstić information content (AvgIpc) is 2.50. The Morgan fingerprint density at radius 2 is 1.42 bits per heavy atom. The molecule has 1 aromatic carbocycles. The van der Waals surface area contributed by atoms with Crippen LogP contribution < -0.4 is 20.9 Å². The average molecular weight is 268 g/mol. The molecule has 4 N–H and O–H groups in total. The van der Waals surface area contributed by atoms with E-state index in [1.54, 1.807) is 20.3 Å². The zero-order chi connectivity index (χ0) is 15.4. The molecule has 0 amide bonds. The van der Waals surface area contributed by atoms with Gasteiger partial charge in [0.15, 0.2) is 11.5 Å². The lowest BCUT2D eigenvalue weighted by atomic mass is 10.1. The fourth-order valence-electron chi connectivity index (χ4n) is 1.33. The summed E-state index contributed by atoms with van der Waals surface area (Å²) in [6, 6.07) is 3.54. The van der Waals surface area contributed by atoms with Crippen molar-refractivity contribution in [1.82, 2.24) is 0 Å². The third kappa shape index (κ3) is 5.55. The van der Waals surface area contributed by atoms with E-state index >= 15 is 0 Å². The fourth-order valence-corrected chi connectivity index (χ4v) is 1.33. The Morgan fingerprint density at radius 1 is 1.00 bits per heavy atom. The van der Waals surface area contributed by atoms with Gasteiger partial charge < -0.3 is 20.9 Å². The van der Waals surface area contributed by atoms with Crippen molar-refractivity contribution in [2.75, 3.05) is 20.0 Å². The maximum absolute atomic E-state index is 5.87. The molecule has 0 fully saturated rings. The molecule has 0 aliphatic heterocycles. The third-order valence-electron chi connectivity index (χ3n) is 2.23. The van der Waals surface area contributed by atoms with Gasteiger partial charge in [-0.05, 0) is 24.8 Å². The van der Waals surface area contributed by atoms with Crippen molar-refractivity contribution in [3.63, 3.8) is 0 Å². The fraction of sp³-hybridized carbons (Fsp3) is 0.467. The maximum atomic E-state index is 5.87. The molecule has 0 bridgehead atoms. The lowest BCUT2D eigenvalue weighted by Gasteiger charge is -2.12. The van der Waals surface area contributed by atoms with E-state index in [1.807, 2.05) is 40.7 Å². The minimum Gasteiger partial charge on any atom is -0.493 e. The van der Waals surface area contributed by atoms with Gasteiger partial charge >= 0.3 is 0 Å². The monoisotopic (exact) mass is 268 g/mol. The van der Waals surface area contributed by atoms with Gasteiger partial charge in [0.1, 0.15) is 0 Å². The Hall–Kier alpha value is -1.84. The molecule has 110 valence electrons. The predicted molar refractivity (Wildman–Crippen MR) is 84.5 cm³/mol. The summed E-state index contributed by atoms with van der Waals surface area (Å²) >= 11 is 0. The summed E-state index contributed by atoms with van der Waals surface area (Å²) in [5.74, 6) is 1.26. The molecule has 0 saturated heterocycles. The molecule has 0 spiro atoms. The van der Waals surface area contributed by atoms with Gasteiger partial charge in [0.05, 0.1) is 14.2 Å². The maximum Gasteiger partial charge on any atom is 0.162 e. The summed E-state index contributed by atoms with van der Waals surface area (Å²) in [7, 11) is 3.15. The Morgan fingerprint density at radius 3 is 1.79 bits per heavy atom. The zero-order valence-electron chi connectivity index (χ0n) is 13.2. The molecule has 0 saturated carbocycles. The number of rotatable bonds is 3. The number of hydrogen-bond acceptors (Lipinski definition) is 4. The van der Waals surface area contributed by atoms with Crippen molar-refractivity contribution < 1.29 is 9.47 Å². The first kappa shape index (κ1) is 19.5. The van der Waals surface area contributed by atoms with Crippen molar-refractivity contribution in [3.05, 3.63) is 23.9 Å². The molecule has 1 rings (SSSR count). The van der Waals surface area contributed by atoms with Crippen molar-refractivity contribution >= 4 is 11.3 Å². The summed E-state index contributed by atoms with van der Waals surface area (Å²) in [6.45, 7) is 9.89. The van der Waals surface area contributed by atoms with Gasteiger partial charge in [-0.2, -0.15) is 0 Å². The van der Waals surface area contributed by atoms with Gasteiger partial charge in [-0.3, -0.25) is 0 Å². The van der Waals surface area contributed by atoms with Crippen molar-refractivity contribution in [1.29, 1.82) is 0 Å². The van der Waals surface area contributed by atoms with Crippen LogP contribution in [0, 0.1) is 0 Å². The van der Waals surface area contributed by atoms with E-state index in [9.17, 15) is 0 Å². The van der Waals surface area contributed by atoms with E-state index in [-0.39, 0.29) is 0 Å². The van der Waals surface area contributed by atoms with Gasteiger partial charge in [-0.15, -0.1) is 0 Å². The van der Waals surface area contributed by atoms with E-state index in [0.717, 1.165) is 11.1 Å². The van der Waals surface area contributed by atoms with E-state index in [0.29, 0.717) is 17.2 Å². The van der Waals surface area contributed by atoms with E-state index in [1.165, 1.54) is 6.20 Å². The van der Waals surface area contributed by atoms with Crippen LogP contribution in [0.4, 0.5) is 5.69 Å². The van der Waals surface area contributed by atoms with Crippen LogP contribution in [0.2, 0.25) is 0 Å². The van der Waals surface area contributed by atoms with E-state index < -0.39 is 0 Å². The van der Waals surface area contributed by atoms with Crippen LogP contribution >= 0.6 is 0 Å². The molecule has 4 nitrogen and oxygen atoms in total. The Labute approximate surface area is 117 Å². The first-order valence-corrected chi connectivity index (χ1v) is 6.54. The zero-order valence-corrected chi connectivity index (χ0v) is 13.2. The number of anilines is 1. The summed E-state index contributed by atoms with van der Waals surface area (Å²) in [6.07, 6.45) is 1.51. The lowest BCUT2D eigenvalue weighted by Crippen LogP contribution is -1.98. The summed E-state index contributed by atoms with van der Waals surface area (Å²) < 4.78 is 10.3. The molecule has 4 heteroatoms. The highest BCUT2D eigenvalue weighted by Gasteiger charge is 2.09. The lowest BCUT2D eigenvalue weighted by molar-refractivity contribution is 0.355. The smallest absolute Gasteiger partial charge is 0.162 e. The van der Waals surface area contributed by atoms with Crippen LogP contribution in [0.5, 0.6) is 11.5 Å². The molecule has 0 atom stereocenters. The summed E-state index contributed by atoms with van der Waals surface area (Å²) in [5.41, 5.74) is 13.7. The normalized spacial score (nSPS) is 9.53. The molecule has 0 aliphatic carbocycles. The Balaban J connectivity index is 0. The van der Waals surface area contributed by atoms with Gasteiger partial charge in [0.2, 0.25) is 0 Å². The van der Waals surface area contributed by atoms with Crippen LogP contribution in [-0.2, 0) is 0 Å². The first-order chi connectivity index (χ1) is 9.13. The van der Waals surface area contributed by atoms with Crippen LogP contribution in [-0.4, -0.2) is 14.2 Å². The first-order valence-electron chi connectivity index (χ1n) is 6.54. The summed E-state index contributed by atoms with van der Waals surface area (Å²) in [4.78, 5) is 0. The standard InChI is InChI=1S/C11H16N2O2.2C2H6/c1-7(6-12)8-4-10(14-2)11(15-3)5-9(8)13;2*1-2/h4-6H,12-13H2,1-3H3;2*1-2H3/b7-6-;;. The highest BCUT2D eigenvalue weighted by atomic mass is 16.5. The largest absolute Gasteiger partial charge is 0.493 e.